The molecule has 8 N–H and O–H groups in total. The topological polar surface area (TPSA) is 197 Å². The second kappa shape index (κ2) is 8.94. The summed E-state index contributed by atoms with van der Waals surface area (Å²) in [6.07, 6.45) is -13.9. The van der Waals surface area contributed by atoms with Crippen molar-refractivity contribution in [1.29, 1.82) is 0 Å². The van der Waals surface area contributed by atoms with Gasteiger partial charge in [0.15, 0.2) is 12.1 Å². The number of aliphatic hydroxyl groups is 8. The minimum absolute atomic E-state index is 0.731. The van der Waals surface area contributed by atoms with Crippen LogP contribution in [-0.2, 0) is 14.3 Å². The molecule has 0 radical (unpaired) electrons. The van der Waals surface area contributed by atoms with Crippen molar-refractivity contribution in [3.63, 3.8) is 0 Å². The molecule has 0 amide bonds. The number of aliphatic hydroxyl groups excluding tert-OH is 8. The van der Waals surface area contributed by atoms with E-state index < -0.39 is 74.6 Å². The Morgan fingerprint density at radius 3 is 2.09 bits per heavy atom. The molecule has 11 nitrogen and oxygen atoms in total. The molecular weight excluding hydrogens is 320 g/mol. The van der Waals surface area contributed by atoms with Crippen LogP contribution in [0, 0.1) is 0 Å². The van der Waals surface area contributed by atoms with Gasteiger partial charge in [0.1, 0.15) is 42.7 Å². The maximum Gasteiger partial charge on any atom is 0.195 e. The fraction of sp³-hybridized carbons (Fsp3) is 0.917. The van der Waals surface area contributed by atoms with Crippen LogP contribution in [0.3, 0.4) is 0 Å². The molecule has 0 aromatic rings. The van der Waals surface area contributed by atoms with Gasteiger partial charge in [-0.25, -0.2) is 0 Å². The van der Waals surface area contributed by atoms with Crippen LogP contribution in [-0.4, -0.2) is 115 Å². The van der Waals surface area contributed by atoms with Gasteiger partial charge < -0.3 is 50.3 Å². The van der Waals surface area contributed by atoms with Gasteiger partial charge in [-0.1, -0.05) is 0 Å². The third-order valence-corrected chi connectivity index (χ3v) is 3.45. The van der Waals surface area contributed by atoms with Gasteiger partial charge in [0.2, 0.25) is 0 Å². The van der Waals surface area contributed by atoms with Gasteiger partial charge in [-0.05, 0) is 0 Å². The first-order valence-electron chi connectivity index (χ1n) is 6.86. The molecule has 0 saturated carbocycles. The van der Waals surface area contributed by atoms with E-state index in [1.54, 1.807) is 0 Å². The lowest BCUT2D eigenvalue weighted by Crippen LogP contribution is -2.61. The second-order valence-corrected chi connectivity index (χ2v) is 5.10. The van der Waals surface area contributed by atoms with Crippen molar-refractivity contribution in [2.75, 3.05) is 19.8 Å². The quantitative estimate of drug-likeness (QED) is 0.209. The summed E-state index contributed by atoms with van der Waals surface area (Å²) < 4.78 is 10.0. The number of hydrogen-bond acceptors (Lipinski definition) is 11. The Balaban J connectivity index is 2.91. The van der Waals surface area contributed by atoms with Crippen LogP contribution in [0.1, 0.15) is 0 Å². The number of ether oxygens (including phenoxy) is 2. The molecule has 8 atom stereocenters. The van der Waals surface area contributed by atoms with Crippen LogP contribution in [0.5, 0.6) is 0 Å². The van der Waals surface area contributed by atoms with Gasteiger partial charge in [-0.2, -0.15) is 0 Å². The SMILES string of the molecule is O=C([C@H](O)CO)[C@H](O[C@@H]1O[C@H](CO)[C@@H](O)[C@H](O)[C@H]1O)[C@H](O)CO. The Hall–Kier alpha value is -0.730. The average molecular weight is 342 g/mol. The number of rotatable bonds is 8. The Bertz CT molecular complexity index is 376. The van der Waals surface area contributed by atoms with E-state index in [2.05, 4.69) is 0 Å². The van der Waals surface area contributed by atoms with Gasteiger partial charge in [-0.15, -0.1) is 0 Å². The van der Waals surface area contributed by atoms with E-state index in [9.17, 15) is 30.3 Å². The second-order valence-electron chi connectivity index (χ2n) is 5.10. The lowest BCUT2D eigenvalue weighted by Gasteiger charge is -2.41. The molecule has 0 aromatic heterocycles. The van der Waals surface area contributed by atoms with E-state index in [0.717, 1.165) is 0 Å². The molecule has 0 bridgehead atoms. The van der Waals surface area contributed by atoms with Crippen LogP contribution in [0.25, 0.3) is 0 Å². The molecule has 0 unspecified atom stereocenters. The summed E-state index contributed by atoms with van der Waals surface area (Å²) in [6, 6.07) is 0. The molecule has 1 rings (SSSR count). The minimum Gasteiger partial charge on any atom is -0.394 e. The number of carbonyl (C=O) groups excluding carboxylic acids is 1. The van der Waals surface area contributed by atoms with Crippen molar-refractivity contribution in [3.8, 4) is 0 Å². The normalized spacial score (nSPS) is 35.6. The van der Waals surface area contributed by atoms with Crippen molar-refractivity contribution >= 4 is 5.78 Å². The van der Waals surface area contributed by atoms with Gasteiger partial charge >= 0.3 is 0 Å². The summed E-state index contributed by atoms with van der Waals surface area (Å²) in [5, 5.41) is 74.7. The molecule has 11 heteroatoms. The zero-order valence-corrected chi connectivity index (χ0v) is 12.0. The highest BCUT2D eigenvalue weighted by Crippen LogP contribution is 2.24. The van der Waals surface area contributed by atoms with Crippen LogP contribution >= 0.6 is 0 Å². The van der Waals surface area contributed by atoms with Gasteiger partial charge in [-0.3, -0.25) is 4.79 Å². The zero-order chi connectivity index (χ0) is 17.7. The van der Waals surface area contributed by atoms with Crippen molar-refractivity contribution in [2.45, 2.75) is 49.0 Å². The first-order valence-corrected chi connectivity index (χ1v) is 6.86. The van der Waals surface area contributed by atoms with Crippen LogP contribution in [0.4, 0.5) is 0 Å². The molecule has 1 aliphatic rings. The average Bonchev–Trinajstić information content (AvgIpc) is 2.57. The Labute approximate surface area is 130 Å². The Morgan fingerprint density at radius 2 is 1.61 bits per heavy atom. The first-order chi connectivity index (χ1) is 10.8. The minimum atomic E-state index is -1.91. The molecule has 1 saturated heterocycles. The Morgan fingerprint density at radius 1 is 1.00 bits per heavy atom. The summed E-state index contributed by atoms with van der Waals surface area (Å²) in [5.74, 6) is -1.19. The number of carbonyl (C=O) groups is 1. The standard InChI is InChI=1S/C12H22O11/c13-1-4(16)7(18)11(5(17)2-14)23-12-10(21)9(20)8(19)6(3-15)22-12/h4-6,8-17,19-21H,1-3H2/t4-,5-,6-,8-,9+,10-,11-,12+/m1/s1. The molecule has 23 heavy (non-hydrogen) atoms. The number of Topliss-reactive ketones (excluding diaryl/α,β-unsaturated/α-hetero) is 1. The molecule has 136 valence electrons. The van der Waals surface area contributed by atoms with E-state index in [0.29, 0.717) is 0 Å². The molecule has 1 aliphatic heterocycles. The highest BCUT2D eigenvalue weighted by atomic mass is 16.7. The highest BCUT2D eigenvalue weighted by molar-refractivity contribution is 5.87. The van der Waals surface area contributed by atoms with Crippen LogP contribution < -0.4 is 0 Å². The fourth-order valence-electron chi connectivity index (χ4n) is 2.05. The van der Waals surface area contributed by atoms with Crippen molar-refractivity contribution in [1.82, 2.24) is 0 Å². The third kappa shape index (κ3) is 4.64. The largest absolute Gasteiger partial charge is 0.394 e. The summed E-state index contributed by atoms with van der Waals surface area (Å²) in [5.41, 5.74) is 0. The predicted molar refractivity (Wildman–Crippen MR) is 69.8 cm³/mol. The monoisotopic (exact) mass is 342 g/mol. The summed E-state index contributed by atoms with van der Waals surface area (Å²) in [6.45, 7) is -2.64. The van der Waals surface area contributed by atoms with Crippen LogP contribution in [0.15, 0.2) is 0 Å². The molecule has 1 heterocycles. The maximum absolute atomic E-state index is 11.8. The van der Waals surface area contributed by atoms with E-state index in [1.807, 2.05) is 0 Å². The summed E-state index contributed by atoms with van der Waals surface area (Å²) >= 11 is 0. The molecule has 0 aliphatic carbocycles. The van der Waals surface area contributed by atoms with Gasteiger partial charge in [0, 0.05) is 0 Å². The van der Waals surface area contributed by atoms with Crippen molar-refractivity contribution in [2.24, 2.45) is 0 Å². The van der Waals surface area contributed by atoms with Gasteiger partial charge in [0.25, 0.3) is 0 Å². The molecule has 1 fully saturated rings. The molecule has 0 aromatic carbocycles. The van der Waals surface area contributed by atoms with Crippen LogP contribution in [0.2, 0.25) is 0 Å². The maximum atomic E-state index is 11.8. The van der Waals surface area contributed by atoms with E-state index >= 15 is 0 Å². The first kappa shape index (κ1) is 20.3. The summed E-state index contributed by atoms with van der Waals surface area (Å²) in [7, 11) is 0. The smallest absolute Gasteiger partial charge is 0.195 e. The van der Waals surface area contributed by atoms with E-state index in [4.69, 9.17) is 24.8 Å². The third-order valence-electron chi connectivity index (χ3n) is 3.45. The Kier molecular flexibility index (Phi) is 7.89. The highest BCUT2D eigenvalue weighted by Gasteiger charge is 2.46. The number of ketones is 1. The zero-order valence-electron chi connectivity index (χ0n) is 12.0. The van der Waals surface area contributed by atoms with E-state index in [-0.39, 0.29) is 0 Å². The van der Waals surface area contributed by atoms with E-state index in [1.165, 1.54) is 0 Å². The fourth-order valence-corrected chi connectivity index (χ4v) is 2.05. The van der Waals surface area contributed by atoms with Crippen molar-refractivity contribution < 1.29 is 55.1 Å². The lowest BCUT2D eigenvalue weighted by atomic mass is 9.99. The van der Waals surface area contributed by atoms with Crippen molar-refractivity contribution in [3.05, 3.63) is 0 Å². The molecule has 0 spiro atoms. The molecular formula is C12H22O11. The lowest BCUT2D eigenvalue weighted by molar-refractivity contribution is -0.314. The predicted octanol–water partition coefficient (Wildman–Crippen LogP) is -5.55. The van der Waals surface area contributed by atoms with Gasteiger partial charge in [0.05, 0.1) is 19.8 Å². The number of hydrogen-bond donors (Lipinski definition) is 8. The summed E-state index contributed by atoms with van der Waals surface area (Å²) in [4.78, 5) is 11.8.